The Morgan fingerprint density at radius 3 is 2.13 bits per heavy atom. The van der Waals surface area contributed by atoms with E-state index in [-0.39, 0.29) is 18.1 Å². The number of para-hydroxylation sites is 4. The molecule has 3 atom stereocenters. The van der Waals surface area contributed by atoms with Crippen molar-refractivity contribution in [1.82, 2.24) is 4.72 Å². The van der Waals surface area contributed by atoms with Crippen LogP contribution in [0, 0.1) is 0 Å². The Balaban J connectivity index is 1.33. The molecular weight excluding hydrogens is 522 g/mol. The number of sulfonamides is 1. The number of fused-ring (bicyclic) bond motifs is 2. The van der Waals surface area contributed by atoms with E-state index in [0.29, 0.717) is 17.2 Å². The average molecular weight is 554 g/mol. The van der Waals surface area contributed by atoms with Gasteiger partial charge in [-0.3, -0.25) is 5.32 Å². The van der Waals surface area contributed by atoms with Crippen LogP contribution < -0.4 is 19.7 Å². The summed E-state index contributed by atoms with van der Waals surface area (Å²) in [5, 5.41) is 14.0. The zero-order valence-electron chi connectivity index (χ0n) is 21.8. The summed E-state index contributed by atoms with van der Waals surface area (Å²) in [4.78, 5) is 13.9. The summed E-state index contributed by atoms with van der Waals surface area (Å²) in [7, 11) is -4.02. The van der Waals surface area contributed by atoms with Crippen LogP contribution >= 0.6 is 0 Å². The number of aliphatic hydroxyl groups excluding tert-OH is 1. The normalized spacial score (nSPS) is 20.8. The molecule has 10 nitrogen and oxygen atoms in total. The van der Waals surface area contributed by atoms with E-state index in [4.69, 9.17) is 14.2 Å². The summed E-state index contributed by atoms with van der Waals surface area (Å²) in [6, 6.07) is 19.1. The minimum atomic E-state index is -4.02. The topological polar surface area (TPSA) is 126 Å². The Labute approximate surface area is 227 Å². The van der Waals surface area contributed by atoms with Gasteiger partial charge in [-0.1, -0.05) is 24.3 Å². The van der Waals surface area contributed by atoms with E-state index in [1.807, 2.05) is 53.4 Å². The highest BCUT2D eigenvalue weighted by atomic mass is 32.2. The van der Waals surface area contributed by atoms with E-state index in [1.54, 1.807) is 20.8 Å². The van der Waals surface area contributed by atoms with Gasteiger partial charge >= 0.3 is 6.09 Å². The van der Waals surface area contributed by atoms with E-state index in [2.05, 4.69) is 10.0 Å². The van der Waals surface area contributed by atoms with Crippen molar-refractivity contribution in [2.75, 3.05) is 23.4 Å². The lowest BCUT2D eigenvalue weighted by molar-refractivity contribution is -0.0244. The smallest absolute Gasteiger partial charge is 0.412 e. The number of hydrogen-bond donors (Lipinski definition) is 3. The molecule has 0 saturated carbocycles. The largest absolute Gasteiger partial charge is 0.453 e. The second kappa shape index (κ2) is 10.5. The molecule has 206 valence electrons. The second-order valence-corrected chi connectivity index (χ2v) is 12.1. The van der Waals surface area contributed by atoms with Crippen LogP contribution in [0.25, 0.3) is 0 Å². The highest BCUT2D eigenvalue weighted by Crippen LogP contribution is 2.48. The molecule has 0 spiro atoms. The summed E-state index contributed by atoms with van der Waals surface area (Å²) in [5.41, 5.74) is 1.22. The molecule has 1 fully saturated rings. The van der Waals surface area contributed by atoms with Gasteiger partial charge in [0.15, 0.2) is 11.5 Å². The zero-order valence-corrected chi connectivity index (χ0v) is 22.6. The molecule has 2 aliphatic rings. The molecule has 11 heteroatoms. The first kappa shape index (κ1) is 26.9. The van der Waals surface area contributed by atoms with Gasteiger partial charge in [-0.25, -0.2) is 17.9 Å². The molecule has 0 aliphatic carbocycles. The van der Waals surface area contributed by atoms with Gasteiger partial charge in [0.1, 0.15) is 5.60 Å². The third-order valence-electron chi connectivity index (χ3n) is 6.31. The number of amides is 1. The highest BCUT2D eigenvalue weighted by molar-refractivity contribution is 7.89. The van der Waals surface area contributed by atoms with Crippen LogP contribution in [0.5, 0.6) is 11.5 Å². The molecule has 0 aromatic heterocycles. The van der Waals surface area contributed by atoms with Crippen molar-refractivity contribution in [1.29, 1.82) is 0 Å². The molecule has 5 rings (SSSR count). The number of aliphatic hydroxyl groups is 1. The maximum atomic E-state index is 13.2. The van der Waals surface area contributed by atoms with Crippen LogP contribution in [0.1, 0.15) is 20.8 Å². The Morgan fingerprint density at radius 2 is 1.54 bits per heavy atom. The van der Waals surface area contributed by atoms with E-state index in [0.717, 1.165) is 11.4 Å². The first-order valence-electron chi connectivity index (χ1n) is 12.6. The standard InChI is InChI=1S/C28H31N3O7S/c1-28(2,3)38-27(33)29-18-12-14-19(15-13-18)39(34,35)30-20-16-36-17-23(26(20)32)31-21-8-4-6-10-24(21)37-25-11-7-5-9-22(25)31/h4-15,20,23,26,30,32H,16-17H2,1-3H3,(H,29,33)/t20-,23+,26+/m1/s1. The fourth-order valence-electron chi connectivity index (χ4n) is 4.61. The zero-order chi connectivity index (χ0) is 27.8. The molecule has 3 aromatic carbocycles. The minimum Gasteiger partial charge on any atom is -0.453 e. The van der Waals surface area contributed by atoms with Crippen LogP contribution in [-0.4, -0.2) is 56.6 Å². The number of carbonyl (C=O) groups excluding carboxylic acids is 1. The van der Waals surface area contributed by atoms with Crippen molar-refractivity contribution < 1.29 is 32.5 Å². The van der Waals surface area contributed by atoms with E-state index < -0.39 is 39.9 Å². The number of anilines is 3. The van der Waals surface area contributed by atoms with Gasteiger partial charge in [0.25, 0.3) is 0 Å². The first-order valence-corrected chi connectivity index (χ1v) is 14.0. The van der Waals surface area contributed by atoms with Gasteiger partial charge in [0, 0.05) is 5.69 Å². The third kappa shape index (κ3) is 5.86. The lowest BCUT2D eigenvalue weighted by Gasteiger charge is -2.44. The van der Waals surface area contributed by atoms with Gasteiger partial charge < -0.3 is 24.2 Å². The van der Waals surface area contributed by atoms with Crippen LogP contribution in [-0.2, 0) is 19.5 Å². The molecular formula is C28H31N3O7S. The average Bonchev–Trinajstić information content (AvgIpc) is 2.88. The molecule has 3 aromatic rings. The molecule has 39 heavy (non-hydrogen) atoms. The fraction of sp³-hybridized carbons (Fsp3) is 0.321. The lowest BCUT2D eigenvalue weighted by Crippen LogP contribution is -2.60. The first-order chi connectivity index (χ1) is 18.5. The molecule has 3 N–H and O–H groups in total. The van der Waals surface area contributed by atoms with Gasteiger partial charge in [0.2, 0.25) is 10.0 Å². The monoisotopic (exact) mass is 553 g/mol. The van der Waals surface area contributed by atoms with Crippen molar-refractivity contribution in [3.8, 4) is 11.5 Å². The maximum absolute atomic E-state index is 13.2. The quantitative estimate of drug-likeness (QED) is 0.425. The molecule has 0 radical (unpaired) electrons. The minimum absolute atomic E-state index is 0.00279. The second-order valence-electron chi connectivity index (χ2n) is 10.4. The Hall–Kier alpha value is -3.64. The lowest BCUT2D eigenvalue weighted by atomic mass is 9.98. The van der Waals surface area contributed by atoms with Crippen LogP contribution in [0.2, 0.25) is 0 Å². The fourth-order valence-corrected chi connectivity index (χ4v) is 5.85. The van der Waals surface area contributed by atoms with E-state index in [9.17, 15) is 18.3 Å². The Morgan fingerprint density at radius 1 is 0.949 bits per heavy atom. The van der Waals surface area contributed by atoms with Crippen molar-refractivity contribution in [3.63, 3.8) is 0 Å². The van der Waals surface area contributed by atoms with Crippen molar-refractivity contribution in [3.05, 3.63) is 72.8 Å². The van der Waals surface area contributed by atoms with Gasteiger partial charge in [-0.2, -0.15) is 0 Å². The van der Waals surface area contributed by atoms with Gasteiger partial charge in [-0.05, 0) is 69.3 Å². The number of rotatable bonds is 5. The van der Waals surface area contributed by atoms with Crippen LogP contribution in [0.3, 0.4) is 0 Å². The van der Waals surface area contributed by atoms with E-state index >= 15 is 0 Å². The molecule has 0 bridgehead atoms. The molecule has 1 saturated heterocycles. The summed E-state index contributed by atoms with van der Waals surface area (Å²) in [6.45, 7) is 5.44. The van der Waals surface area contributed by atoms with E-state index in [1.165, 1.54) is 24.3 Å². The highest BCUT2D eigenvalue weighted by Gasteiger charge is 2.41. The van der Waals surface area contributed by atoms with Crippen molar-refractivity contribution in [2.45, 2.75) is 49.5 Å². The SMILES string of the molecule is CC(C)(C)OC(=O)Nc1ccc(S(=O)(=O)N[C@@H]2COC[C@H](N3c4ccccc4Oc4ccccc43)[C@H]2O)cc1. The van der Waals surface area contributed by atoms with Gasteiger partial charge in [0.05, 0.1) is 47.7 Å². The number of nitrogens with one attached hydrogen (secondary N) is 2. The molecule has 2 heterocycles. The van der Waals surface area contributed by atoms with Crippen molar-refractivity contribution >= 4 is 33.2 Å². The molecule has 2 aliphatic heterocycles. The van der Waals surface area contributed by atoms with Crippen LogP contribution in [0.4, 0.5) is 21.9 Å². The maximum Gasteiger partial charge on any atom is 0.412 e. The summed E-state index contributed by atoms with van der Waals surface area (Å²) in [6.07, 6.45) is -1.74. The Bertz CT molecular complexity index is 1410. The summed E-state index contributed by atoms with van der Waals surface area (Å²) in [5.74, 6) is 1.26. The van der Waals surface area contributed by atoms with Crippen LogP contribution in [0.15, 0.2) is 77.7 Å². The number of ether oxygens (including phenoxy) is 3. The number of carbonyl (C=O) groups is 1. The molecule has 0 unspecified atom stereocenters. The third-order valence-corrected chi connectivity index (χ3v) is 7.82. The van der Waals surface area contributed by atoms with Gasteiger partial charge in [-0.15, -0.1) is 0 Å². The number of benzene rings is 3. The number of nitrogens with zero attached hydrogens (tertiary/aromatic N) is 1. The Kier molecular flexibility index (Phi) is 7.25. The number of hydrogen-bond acceptors (Lipinski definition) is 8. The summed E-state index contributed by atoms with van der Waals surface area (Å²) < 4.78 is 46.1. The van der Waals surface area contributed by atoms with Crippen molar-refractivity contribution in [2.24, 2.45) is 0 Å². The predicted octanol–water partition coefficient (Wildman–Crippen LogP) is 4.38. The predicted molar refractivity (Wildman–Crippen MR) is 146 cm³/mol. The summed E-state index contributed by atoms with van der Waals surface area (Å²) >= 11 is 0. The molecule has 1 amide bonds.